The van der Waals surface area contributed by atoms with E-state index in [1.165, 1.54) is 5.56 Å². The maximum Gasteiger partial charge on any atom is 0.568 e. The van der Waals surface area contributed by atoms with Crippen molar-refractivity contribution in [2.24, 2.45) is 0 Å². The number of carbonyl (C=O) groups is 1. The van der Waals surface area contributed by atoms with Crippen molar-refractivity contribution < 1.29 is 18.7 Å². The Hall–Kier alpha value is -4.29. The topological polar surface area (TPSA) is 94.7 Å². The molecule has 3 aliphatic rings. The van der Waals surface area contributed by atoms with E-state index < -0.39 is 6.04 Å². The molecule has 1 N–H and O–H groups in total. The molecule has 0 bridgehead atoms. The van der Waals surface area contributed by atoms with Crippen LogP contribution in [-0.2, 0) is 20.7 Å². The molecule has 1 aromatic carbocycles. The second-order valence-electron chi connectivity index (χ2n) is 9.36. The second kappa shape index (κ2) is 9.30. The van der Waals surface area contributed by atoms with Gasteiger partial charge in [-0.15, -0.1) is 0 Å². The van der Waals surface area contributed by atoms with Gasteiger partial charge >= 0.3 is 17.7 Å². The van der Waals surface area contributed by atoms with Crippen molar-refractivity contribution in [1.29, 1.82) is 0 Å². The van der Waals surface area contributed by atoms with Crippen molar-refractivity contribution in [3.63, 3.8) is 0 Å². The Balaban J connectivity index is 1.37. The molecule has 3 aromatic rings. The monoisotopic (exact) mass is 497 g/mol. The molecule has 1 atom stereocenters. The van der Waals surface area contributed by atoms with Gasteiger partial charge in [-0.2, -0.15) is 0 Å². The highest BCUT2D eigenvalue weighted by Gasteiger charge is 2.49. The molecule has 2 aliphatic heterocycles. The van der Waals surface area contributed by atoms with Gasteiger partial charge in [-0.25, -0.2) is 4.98 Å². The highest BCUT2D eigenvalue weighted by Crippen LogP contribution is 2.50. The number of aromatic amines is 1. The number of hydrogen-bond donors (Lipinski definition) is 1. The molecule has 37 heavy (non-hydrogen) atoms. The molecule has 188 valence electrons. The zero-order chi connectivity index (χ0) is 25.5. The van der Waals surface area contributed by atoms with Crippen molar-refractivity contribution in [3.8, 4) is 0 Å². The maximum absolute atomic E-state index is 13.7. The van der Waals surface area contributed by atoms with Crippen molar-refractivity contribution in [1.82, 2.24) is 19.5 Å². The number of carbonyl (C=O) groups excluding carboxylic acids is 1. The van der Waals surface area contributed by atoms with Gasteiger partial charge in [-0.1, -0.05) is 24.3 Å². The van der Waals surface area contributed by atoms with Crippen molar-refractivity contribution in [3.05, 3.63) is 88.9 Å². The SMILES string of the molecule is C\C=C(/C=C\C(=C/C)C1=[N+]=C(C(=O)N2CCc3[nH]cnc3C2c2oc3ccccc3c2C2CC2)O1)OC. The summed E-state index contributed by atoms with van der Waals surface area (Å²) >= 11 is 0. The van der Waals surface area contributed by atoms with Crippen molar-refractivity contribution in [2.45, 2.75) is 45.1 Å². The molecular formula is C29H29N4O4+. The smallest absolute Gasteiger partial charge is 0.497 e. The third-order valence-corrected chi connectivity index (χ3v) is 7.17. The summed E-state index contributed by atoms with van der Waals surface area (Å²) < 4.78 is 22.0. The second-order valence-corrected chi connectivity index (χ2v) is 9.36. The van der Waals surface area contributed by atoms with Crippen LogP contribution in [0, 0.1) is 0 Å². The summed E-state index contributed by atoms with van der Waals surface area (Å²) in [6.07, 6.45) is 12.0. The predicted octanol–water partition coefficient (Wildman–Crippen LogP) is 4.45. The molecule has 0 spiro atoms. The Morgan fingerprint density at radius 1 is 1.19 bits per heavy atom. The largest absolute Gasteiger partial charge is 0.568 e. The minimum absolute atomic E-state index is 0.0776. The molecule has 1 amide bonds. The molecule has 0 saturated heterocycles. The van der Waals surface area contributed by atoms with Gasteiger partial charge in [0.15, 0.2) is 0 Å². The lowest BCUT2D eigenvalue weighted by Gasteiger charge is -2.32. The van der Waals surface area contributed by atoms with Gasteiger partial charge in [0.2, 0.25) is 0 Å². The third-order valence-electron chi connectivity index (χ3n) is 7.17. The quantitative estimate of drug-likeness (QED) is 0.296. The minimum atomic E-state index is -0.444. The summed E-state index contributed by atoms with van der Waals surface area (Å²) in [5, 5.41) is 1.11. The molecule has 0 radical (unpaired) electrons. The lowest BCUT2D eigenvalue weighted by Crippen LogP contribution is -2.48. The van der Waals surface area contributed by atoms with Gasteiger partial charge in [0.25, 0.3) is 0 Å². The van der Waals surface area contributed by atoms with Gasteiger partial charge in [-0.3, -0.25) is 4.79 Å². The fourth-order valence-corrected chi connectivity index (χ4v) is 5.11. The van der Waals surface area contributed by atoms with E-state index in [9.17, 15) is 4.79 Å². The number of fused-ring (bicyclic) bond motifs is 2. The van der Waals surface area contributed by atoms with Crippen LogP contribution >= 0.6 is 0 Å². The fourth-order valence-electron chi connectivity index (χ4n) is 5.11. The molecule has 1 unspecified atom stereocenters. The number of H-pyrrole nitrogens is 1. The first kappa shape index (κ1) is 23.1. The zero-order valence-electron chi connectivity index (χ0n) is 21.2. The Bertz CT molecular complexity index is 1540. The lowest BCUT2D eigenvalue weighted by molar-refractivity contribution is -0.127. The van der Waals surface area contributed by atoms with Gasteiger partial charge in [-0.05, 0) is 56.9 Å². The molecule has 4 heterocycles. The number of rotatable bonds is 7. The van der Waals surface area contributed by atoms with E-state index in [1.807, 2.05) is 56.4 Å². The van der Waals surface area contributed by atoms with Crippen LogP contribution in [0.5, 0.6) is 0 Å². The molecule has 6 rings (SSSR count). The Kier molecular flexibility index (Phi) is 5.81. The number of furan rings is 1. The molecule has 8 nitrogen and oxygen atoms in total. The Morgan fingerprint density at radius 3 is 2.73 bits per heavy atom. The van der Waals surface area contributed by atoms with Gasteiger partial charge in [0.05, 0.1) is 19.1 Å². The first-order chi connectivity index (χ1) is 18.1. The number of benzene rings is 1. The highest BCUT2D eigenvalue weighted by molar-refractivity contribution is 6.40. The van der Waals surface area contributed by atoms with Gasteiger partial charge < -0.3 is 23.8 Å². The summed E-state index contributed by atoms with van der Waals surface area (Å²) in [6.45, 7) is 4.30. The molecule has 1 fully saturated rings. The number of methoxy groups -OCH3 is 1. The number of aromatic nitrogens is 2. The average molecular weight is 498 g/mol. The summed E-state index contributed by atoms with van der Waals surface area (Å²) in [7, 11) is 1.62. The summed E-state index contributed by atoms with van der Waals surface area (Å²) in [6, 6.07) is 7.65. The number of amides is 1. The van der Waals surface area contributed by atoms with Crippen LogP contribution in [0.4, 0.5) is 0 Å². The van der Waals surface area contributed by atoms with E-state index in [1.54, 1.807) is 18.3 Å². The molecule has 2 aromatic heterocycles. The number of nitrogens with zero attached hydrogens (tertiary/aromatic N) is 3. The normalized spacial score (nSPS) is 19.9. The van der Waals surface area contributed by atoms with E-state index in [2.05, 4.69) is 20.7 Å². The lowest BCUT2D eigenvalue weighted by atomic mass is 9.95. The Labute approximate surface area is 214 Å². The summed E-state index contributed by atoms with van der Waals surface area (Å²) in [4.78, 5) is 23.4. The van der Waals surface area contributed by atoms with Crippen LogP contribution in [-0.4, -0.2) is 46.2 Å². The van der Waals surface area contributed by atoms with E-state index in [0.29, 0.717) is 24.8 Å². The highest BCUT2D eigenvalue weighted by atomic mass is 16.5. The molecule has 1 aliphatic carbocycles. The summed E-state index contributed by atoms with van der Waals surface area (Å²) in [5.74, 6) is 2.18. The van der Waals surface area contributed by atoms with Crippen LogP contribution in [0.25, 0.3) is 11.0 Å². The van der Waals surface area contributed by atoms with E-state index in [-0.39, 0.29) is 11.8 Å². The number of para-hydroxylation sites is 1. The third kappa shape index (κ3) is 3.99. The number of ether oxygens (including phenoxy) is 2. The Morgan fingerprint density at radius 2 is 2.00 bits per heavy atom. The van der Waals surface area contributed by atoms with Crippen LogP contribution in [0.15, 0.2) is 70.6 Å². The van der Waals surface area contributed by atoms with Gasteiger partial charge in [0, 0.05) is 34.3 Å². The minimum Gasteiger partial charge on any atom is -0.497 e. The first-order valence-electron chi connectivity index (χ1n) is 12.7. The van der Waals surface area contributed by atoms with Crippen LogP contribution in [0.3, 0.4) is 0 Å². The molecule has 8 heteroatoms. The van der Waals surface area contributed by atoms with Crippen molar-refractivity contribution >= 4 is 28.7 Å². The van der Waals surface area contributed by atoms with E-state index in [4.69, 9.17) is 13.9 Å². The number of hydrogen-bond acceptors (Lipinski definition) is 5. The van der Waals surface area contributed by atoms with Crippen molar-refractivity contribution in [2.75, 3.05) is 13.7 Å². The van der Waals surface area contributed by atoms with Crippen LogP contribution in [0.1, 0.15) is 61.4 Å². The summed E-state index contributed by atoms with van der Waals surface area (Å²) in [5.41, 5.74) is 4.64. The predicted molar refractivity (Wildman–Crippen MR) is 141 cm³/mol. The van der Waals surface area contributed by atoms with Crippen LogP contribution < -0.4 is 4.67 Å². The van der Waals surface area contributed by atoms with E-state index >= 15 is 0 Å². The van der Waals surface area contributed by atoms with Crippen LogP contribution in [0.2, 0.25) is 0 Å². The number of allylic oxidation sites excluding steroid dienone is 3. The van der Waals surface area contributed by atoms with E-state index in [0.717, 1.165) is 52.3 Å². The number of imidazole rings is 1. The molecular weight excluding hydrogens is 468 g/mol. The molecule has 1 saturated carbocycles. The first-order valence-corrected chi connectivity index (χ1v) is 12.7. The standard InChI is InChI=1S/C29H28N4O4/c1-4-17(12-13-19(5-2)35-3)27-32-28(37-27)29(34)33-15-14-21-24(31-16-30-21)25(33)26-23(18-10-11-18)20-8-6-7-9-22(20)36-26/h4-9,12-13,16,18,25H,10-11,14-15H2,1-3H3/p+1/b13-12-,17-4+,19-5+. The average Bonchev–Trinajstić information content (AvgIpc) is 3.48. The van der Waals surface area contributed by atoms with Gasteiger partial charge in [0.1, 0.15) is 28.7 Å². The maximum atomic E-state index is 13.7. The zero-order valence-corrected chi connectivity index (χ0v) is 21.2. The fraction of sp³-hybridized carbons (Fsp3) is 0.310. The number of nitrogens with one attached hydrogen (secondary N) is 1.